The van der Waals surface area contributed by atoms with Gasteiger partial charge >= 0.3 is 0 Å². The molecule has 1 aromatic heterocycles. The molecule has 4 nitrogen and oxygen atoms in total. The number of pyridine rings is 1. The molecule has 0 aromatic carbocycles. The maximum absolute atomic E-state index is 9.08. The second-order valence-corrected chi connectivity index (χ2v) is 5.60. The molecule has 18 heavy (non-hydrogen) atoms. The first-order chi connectivity index (χ1) is 8.38. The van der Waals surface area contributed by atoms with Crippen molar-refractivity contribution in [3.63, 3.8) is 0 Å². The van der Waals surface area contributed by atoms with Crippen LogP contribution in [0.1, 0.15) is 38.8 Å². The summed E-state index contributed by atoms with van der Waals surface area (Å²) >= 11 is 0. The molecule has 1 rings (SSSR count). The van der Waals surface area contributed by atoms with Gasteiger partial charge in [-0.15, -0.1) is 0 Å². The van der Waals surface area contributed by atoms with E-state index < -0.39 is 10.1 Å². The number of aryl methyl sites for hydroxylation is 2. The molecular weight excluding hydrogens is 250 g/mol. The highest BCUT2D eigenvalue weighted by atomic mass is 32.2. The summed E-state index contributed by atoms with van der Waals surface area (Å²) in [6.07, 6.45) is 7.78. The van der Waals surface area contributed by atoms with Gasteiger partial charge in [-0.3, -0.25) is 0 Å². The summed E-state index contributed by atoms with van der Waals surface area (Å²) in [5.74, 6) is 0. The van der Waals surface area contributed by atoms with Crippen LogP contribution in [0, 0.1) is 0 Å². The molecule has 1 heterocycles. The second kappa shape index (κ2) is 9.05. The van der Waals surface area contributed by atoms with Gasteiger partial charge in [-0.25, -0.2) is 13.0 Å². The van der Waals surface area contributed by atoms with Crippen molar-refractivity contribution < 1.29 is 17.5 Å². The molecule has 1 aromatic rings. The van der Waals surface area contributed by atoms with E-state index in [9.17, 15) is 0 Å². The van der Waals surface area contributed by atoms with Gasteiger partial charge in [-0.05, 0) is 6.42 Å². The van der Waals surface area contributed by atoms with Crippen LogP contribution in [0.15, 0.2) is 24.4 Å². The van der Waals surface area contributed by atoms with Crippen molar-refractivity contribution in [2.24, 2.45) is 0 Å². The van der Waals surface area contributed by atoms with Gasteiger partial charge in [0.15, 0.2) is 11.9 Å². The van der Waals surface area contributed by atoms with E-state index in [1.54, 1.807) is 0 Å². The zero-order valence-electron chi connectivity index (χ0n) is 11.4. The van der Waals surface area contributed by atoms with Crippen LogP contribution in [0.5, 0.6) is 0 Å². The number of rotatable bonds is 5. The SMILES string of the molecule is CCCC[n+]1ccccc1CCC.CS(=O)(=O)[O-]. The van der Waals surface area contributed by atoms with Gasteiger partial charge in [-0.2, -0.15) is 0 Å². The molecule has 0 bridgehead atoms. The van der Waals surface area contributed by atoms with E-state index >= 15 is 0 Å². The molecule has 0 aliphatic carbocycles. The lowest BCUT2D eigenvalue weighted by molar-refractivity contribution is -0.704. The average Bonchev–Trinajstić information content (AvgIpc) is 2.26. The minimum atomic E-state index is -3.92. The number of hydrogen-bond acceptors (Lipinski definition) is 3. The first kappa shape index (κ1) is 17.1. The molecule has 0 unspecified atom stereocenters. The van der Waals surface area contributed by atoms with Crippen LogP contribution in [-0.2, 0) is 23.1 Å². The van der Waals surface area contributed by atoms with Crippen molar-refractivity contribution in [3.8, 4) is 0 Å². The van der Waals surface area contributed by atoms with E-state index in [1.165, 1.54) is 37.9 Å². The minimum absolute atomic E-state index is 0.604. The second-order valence-electron chi connectivity index (χ2n) is 4.19. The zero-order chi connectivity index (χ0) is 14.0. The van der Waals surface area contributed by atoms with E-state index in [0.29, 0.717) is 6.26 Å². The molecule has 0 amide bonds. The summed E-state index contributed by atoms with van der Waals surface area (Å²) in [4.78, 5) is 0. The molecule has 5 heteroatoms. The predicted octanol–water partition coefficient (Wildman–Crippen LogP) is 1.89. The maximum Gasteiger partial charge on any atom is 0.181 e. The van der Waals surface area contributed by atoms with Crippen molar-refractivity contribution >= 4 is 10.1 Å². The van der Waals surface area contributed by atoms with Crippen LogP contribution >= 0.6 is 0 Å². The fourth-order valence-corrected chi connectivity index (χ4v) is 1.54. The third-order valence-corrected chi connectivity index (χ3v) is 2.29. The molecule has 0 saturated carbocycles. The van der Waals surface area contributed by atoms with Gasteiger partial charge in [0.1, 0.15) is 6.54 Å². The third-order valence-electron chi connectivity index (χ3n) is 2.29. The summed E-state index contributed by atoms with van der Waals surface area (Å²) in [6, 6.07) is 6.49. The fraction of sp³-hybridized carbons (Fsp3) is 0.615. The fourth-order valence-electron chi connectivity index (χ4n) is 1.54. The third kappa shape index (κ3) is 10.2. The lowest BCUT2D eigenvalue weighted by atomic mass is 10.2. The Labute approximate surface area is 110 Å². The van der Waals surface area contributed by atoms with E-state index in [1.807, 2.05) is 0 Å². The van der Waals surface area contributed by atoms with Gasteiger partial charge in [0.05, 0.1) is 10.1 Å². The van der Waals surface area contributed by atoms with Crippen molar-refractivity contribution in [1.29, 1.82) is 0 Å². The van der Waals surface area contributed by atoms with Gasteiger partial charge in [-0.1, -0.05) is 26.3 Å². The van der Waals surface area contributed by atoms with E-state index in [0.717, 1.165) is 0 Å². The lowest BCUT2D eigenvalue weighted by Crippen LogP contribution is -2.37. The largest absolute Gasteiger partial charge is 0.748 e. The molecule has 0 aliphatic heterocycles. The maximum atomic E-state index is 9.08. The Balaban J connectivity index is 0.000000494. The predicted molar refractivity (Wildman–Crippen MR) is 71.2 cm³/mol. The minimum Gasteiger partial charge on any atom is -0.748 e. The van der Waals surface area contributed by atoms with Gasteiger partial charge in [0.2, 0.25) is 0 Å². The highest BCUT2D eigenvalue weighted by Crippen LogP contribution is 1.97. The number of unbranched alkanes of at least 4 members (excludes halogenated alkanes) is 1. The Morgan fingerprint density at radius 3 is 2.33 bits per heavy atom. The van der Waals surface area contributed by atoms with Crippen LogP contribution in [0.3, 0.4) is 0 Å². The Kier molecular flexibility index (Phi) is 8.58. The van der Waals surface area contributed by atoms with Gasteiger partial charge in [0, 0.05) is 31.2 Å². The van der Waals surface area contributed by atoms with Crippen molar-refractivity contribution in [2.45, 2.75) is 46.1 Å². The molecule has 0 aliphatic rings. The van der Waals surface area contributed by atoms with Crippen molar-refractivity contribution in [3.05, 3.63) is 30.1 Å². The molecule has 104 valence electrons. The average molecular weight is 273 g/mol. The molecule has 0 atom stereocenters. The standard InChI is InChI=1S/C12H20N.CH4O3S/c1-3-5-10-13-11-7-6-9-12(13)8-4-2;1-5(2,3)4/h6-7,9,11H,3-5,8,10H2,1-2H3;1H3,(H,2,3,4)/q+1;/p-1. The summed E-state index contributed by atoms with van der Waals surface area (Å²) in [5, 5.41) is 0. The lowest BCUT2D eigenvalue weighted by Gasteiger charge is -2.01. The molecule has 0 fully saturated rings. The molecule has 0 saturated heterocycles. The van der Waals surface area contributed by atoms with Crippen LogP contribution in [-0.4, -0.2) is 19.2 Å². The van der Waals surface area contributed by atoms with Crippen molar-refractivity contribution in [2.75, 3.05) is 6.26 Å². The molecule has 0 radical (unpaired) electrons. The topological polar surface area (TPSA) is 61.1 Å². The van der Waals surface area contributed by atoms with Gasteiger partial charge < -0.3 is 4.55 Å². The summed E-state index contributed by atoms with van der Waals surface area (Å²) in [6.45, 7) is 5.65. The van der Waals surface area contributed by atoms with Gasteiger partial charge in [0.25, 0.3) is 0 Å². The van der Waals surface area contributed by atoms with Crippen LogP contribution in [0.4, 0.5) is 0 Å². The number of aromatic nitrogens is 1. The quantitative estimate of drug-likeness (QED) is 0.608. The van der Waals surface area contributed by atoms with Crippen molar-refractivity contribution in [1.82, 2.24) is 0 Å². The Morgan fingerprint density at radius 1 is 1.22 bits per heavy atom. The van der Waals surface area contributed by atoms with Crippen LogP contribution in [0.25, 0.3) is 0 Å². The molecular formula is C13H23NO3S. The Bertz CT molecular complexity index is 422. The van der Waals surface area contributed by atoms with Crippen LogP contribution < -0.4 is 4.57 Å². The Morgan fingerprint density at radius 2 is 1.83 bits per heavy atom. The zero-order valence-corrected chi connectivity index (χ0v) is 12.2. The van der Waals surface area contributed by atoms with E-state index in [-0.39, 0.29) is 0 Å². The normalized spacial score (nSPS) is 10.7. The summed E-state index contributed by atoms with van der Waals surface area (Å²) in [5.41, 5.74) is 1.47. The first-order valence-electron chi connectivity index (χ1n) is 6.26. The highest BCUT2D eigenvalue weighted by Gasteiger charge is 2.06. The summed E-state index contributed by atoms with van der Waals surface area (Å²) in [7, 11) is -3.92. The smallest absolute Gasteiger partial charge is 0.181 e. The number of hydrogen-bond donors (Lipinski definition) is 0. The monoisotopic (exact) mass is 273 g/mol. The van der Waals surface area contributed by atoms with E-state index in [4.69, 9.17) is 13.0 Å². The molecule has 0 spiro atoms. The molecule has 0 N–H and O–H groups in total. The summed E-state index contributed by atoms with van der Waals surface area (Å²) < 4.78 is 29.6. The Hall–Kier alpha value is -0.940. The van der Waals surface area contributed by atoms with E-state index in [2.05, 4.69) is 42.8 Å². The highest BCUT2D eigenvalue weighted by molar-refractivity contribution is 7.84. The van der Waals surface area contributed by atoms with Crippen LogP contribution in [0.2, 0.25) is 0 Å². The number of nitrogens with zero attached hydrogens (tertiary/aromatic N) is 1. The first-order valence-corrected chi connectivity index (χ1v) is 8.08.